The highest BCUT2D eigenvalue weighted by Gasteiger charge is 2.48. The molecule has 0 spiro atoms. The molecule has 1 saturated heterocycles. The first-order valence-electron chi connectivity index (χ1n) is 9.56. The van der Waals surface area contributed by atoms with Gasteiger partial charge in [-0.2, -0.15) is 0 Å². The summed E-state index contributed by atoms with van der Waals surface area (Å²) in [6.07, 6.45) is -3.14. The van der Waals surface area contributed by atoms with Crippen LogP contribution in [0.2, 0.25) is 5.02 Å². The summed E-state index contributed by atoms with van der Waals surface area (Å²) in [5.74, 6) is -4.49. The third-order valence-corrected chi connectivity index (χ3v) is 7.00. The molecule has 2 aromatic carbocycles. The van der Waals surface area contributed by atoms with E-state index in [2.05, 4.69) is 10.3 Å². The summed E-state index contributed by atoms with van der Waals surface area (Å²) in [6, 6.07) is 6.13. The summed E-state index contributed by atoms with van der Waals surface area (Å²) in [6.45, 7) is -0.658. The van der Waals surface area contributed by atoms with Crippen LogP contribution in [-0.4, -0.2) is 64.9 Å². The van der Waals surface area contributed by atoms with Gasteiger partial charge in [0.05, 0.1) is 23.6 Å². The zero-order chi connectivity index (χ0) is 23.9. The maximum atomic E-state index is 13.6. The first-order chi connectivity index (χ1) is 15.7. The van der Waals surface area contributed by atoms with Gasteiger partial charge in [0.2, 0.25) is 0 Å². The van der Waals surface area contributed by atoms with Crippen LogP contribution < -0.4 is 0 Å². The SMILES string of the molecule is O=S(c1ccc(Cl)cc1)[C@H]1OC(CO)[C@H](O)C(n2cc(-c3cc(F)c(F)c(F)c3)nn2)[C@@H]1O. The summed E-state index contributed by atoms with van der Waals surface area (Å²) in [5, 5.41) is 39.2. The molecular weight excluding hydrogens is 487 g/mol. The van der Waals surface area contributed by atoms with Crippen LogP contribution in [0.3, 0.4) is 0 Å². The predicted octanol–water partition coefficient (Wildman–Crippen LogP) is 1.80. The van der Waals surface area contributed by atoms with Crippen LogP contribution in [0, 0.1) is 17.5 Å². The molecule has 1 aliphatic rings. The quantitative estimate of drug-likeness (QED) is 0.454. The van der Waals surface area contributed by atoms with Crippen molar-refractivity contribution in [2.45, 2.75) is 34.7 Å². The van der Waals surface area contributed by atoms with Gasteiger partial charge in [0.15, 0.2) is 22.9 Å². The van der Waals surface area contributed by atoms with Crippen molar-refractivity contribution in [2.75, 3.05) is 6.61 Å². The molecule has 0 bridgehead atoms. The highest BCUT2D eigenvalue weighted by Crippen LogP contribution is 2.34. The van der Waals surface area contributed by atoms with E-state index < -0.39 is 64.6 Å². The fourth-order valence-electron chi connectivity index (χ4n) is 3.52. The Bertz CT molecular complexity index is 1160. The number of benzene rings is 2. The molecule has 4 rings (SSSR count). The van der Waals surface area contributed by atoms with Gasteiger partial charge in [-0.25, -0.2) is 17.9 Å². The Kier molecular flexibility index (Phi) is 6.84. The molecule has 0 aliphatic carbocycles. The minimum absolute atomic E-state index is 0.0744. The maximum Gasteiger partial charge on any atom is 0.194 e. The Morgan fingerprint density at radius 1 is 1.09 bits per heavy atom. The summed E-state index contributed by atoms with van der Waals surface area (Å²) in [7, 11) is -1.93. The van der Waals surface area contributed by atoms with Crippen LogP contribution in [0.1, 0.15) is 6.04 Å². The summed E-state index contributed by atoms with van der Waals surface area (Å²) in [4.78, 5) is 0.284. The lowest BCUT2D eigenvalue weighted by molar-refractivity contribution is -0.179. The predicted molar refractivity (Wildman–Crippen MR) is 110 cm³/mol. The van der Waals surface area contributed by atoms with Gasteiger partial charge in [0.1, 0.15) is 30.0 Å². The van der Waals surface area contributed by atoms with E-state index in [1.165, 1.54) is 30.5 Å². The molecule has 3 N–H and O–H groups in total. The summed E-state index contributed by atoms with van der Waals surface area (Å²) in [5.41, 5.74) is -1.58. The summed E-state index contributed by atoms with van der Waals surface area (Å²) < 4.78 is 60.0. The normalized spacial score (nSPS) is 26.3. The first-order valence-corrected chi connectivity index (χ1v) is 11.2. The van der Waals surface area contributed by atoms with Gasteiger partial charge in [-0.05, 0) is 36.4 Å². The molecule has 176 valence electrons. The topological polar surface area (TPSA) is 118 Å². The van der Waals surface area contributed by atoms with Gasteiger partial charge < -0.3 is 20.1 Å². The largest absolute Gasteiger partial charge is 0.394 e. The van der Waals surface area contributed by atoms with Crippen molar-refractivity contribution in [3.8, 4) is 11.3 Å². The second-order valence-electron chi connectivity index (χ2n) is 7.29. The van der Waals surface area contributed by atoms with Gasteiger partial charge >= 0.3 is 0 Å². The molecule has 1 aliphatic heterocycles. The second kappa shape index (κ2) is 9.49. The third kappa shape index (κ3) is 4.54. The fourth-order valence-corrected chi connectivity index (χ4v) is 4.97. The van der Waals surface area contributed by atoms with Crippen molar-refractivity contribution in [3.63, 3.8) is 0 Å². The van der Waals surface area contributed by atoms with Crippen LogP contribution in [0.5, 0.6) is 0 Å². The van der Waals surface area contributed by atoms with Gasteiger partial charge in [0.25, 0.3) is 0 Å². The van der Waals surface area contributed by atoms with Crippen molar-refractivity contribution in [1.82, 2.24) is 15.0 Å². The number of hydrogen-bond donors (Lipinski definition) is 3. The summed E-state index contributed by atoms with van der Waals surface area (Å²) >= 11 is 5.85. The average Bonchev–Trinajstić information content (AvgIpc) is 3.27. The molecule has 0 saturated carbocycles. The molecule has 1 aromatic heterocycles. The Hall–Kier alpha value is -2.35. The third-order valence-electron chi connectivity index (χ3n) is 5.20. The van der Waals surface area contributed by atoms with Crippen LogP contribution in [0.15, 0.2) is 47.5 Å². The monoisotopic (exact) mass is 503 g/mol. The Balaban J connectivity index is 1.67. The molecule has 1 fully saturated rings. The van der Waals surface area contributed by atoms with Crippen molar-refractivity contribution in [3.05, 3.63) is 65.1 Å². The number of aliphatic hydroxyl groups is 3. The van der Waals surface area contributed by atoms with Gasteiger partial charge in [-0.15, -0.1) is 5.10 Å². The number of rotatable bonds is 5. The van der Waals surface area contributed by atoms with Crippen molar-refractivity contribution >= 4 is 22.4 Å². The van der Waals surface area contributed by atoms with E-state index >= 15 is 0 Å². The molecule has 3 aromatic rings. The zero-order valence-corrected chi connectivity index (χ0v) is 18.1. The second-order valence-corrected chi connectivity index (χ2v) is 9.25. The first kappa shape index (κ1) is 23.8. The lowest BCUT2D eigenvalue weighted by atomic mass is 9.97. The van der Waals surface area contributed by atoms with Crippen LogP contribution in [-0.2, 0) is 15.5 Å². The van der Waals surface area contributed by atoms with Gasteiger partial charge in [-0.3, -0.25) is 4.21 Å². The zero-order valence-electron chi connectivity index (χ0n) is 16.6. The molecule has 0 radical (unpaired) electrons. The van der Waals surface area contributed by atoms with Gasteiger partial charge in [-0.1, -0.05) is 16.8 Å². The molecular formula is C20H17ClF3N3O5S. The number of ether oxygens (including phenoxy) is 1. The van der Waals surface area contributed by atoms with E-state index in [-0.39, 0.29) is 16.2 Å². The van der Waals surface area contributed by atoms with E-state index in [4.69, 9.17) is 16.3 Å². The maximum absolute atomic E-state index is 13.6. The van der Waals surface area contributed by atoms with Crippen LogP contribution in [0.4, 0.5) is 13.2 Å². The van der Waals surface area contributed by atoms with E-state index in [1.807, 2.05) is 0 Å². The Morgan fingerprint density at radius 3 is 2.33 bits per heavy atom. The molecule has 8 nitrogen and oxygen atoms in total. The highest BCUT2D eigenvalue weighted by molar-refractivity contribution is 7.85. The van der Waals surface area contributed by atoms with Crippen molar-refractivity contribution < 1.29 is 37.4 Å². The van der Waals surface area contributed by atoms with E-state index in [0.717, 1.165) is 16.8 Å². The van der Waals surface area contributed by atoms with Gasteiger partial charge in [0, 0.05) is 15.5 Å². The molecule has 0 amide bonds. The highest BCUT2D eigenvalue weighted by atomic mass is 35.5. The Morgan fingerprint density at radius 2 is 1.73 bits per heavy atom. The Labute approximate surface area is 192 Å². The standard InChI is InChI=1S/C20H17ClF3N3O5S/c21-10-1-3-11(4-2-10)33(31)20-19(30)17(18(29)15(8-28)32-20)27-7-14(25-26-27)9-5-12(22)16(24)13(23)6-9/h1-7,15,17-20,28-30H,8H2/t15?,17?,18-,19-,20+,33?/m0/s1. The molecule has 13 heteroatoms. The number of halogens is 4. The van der Waals surface area contributed by atoms with Crippen LogP contribution in [0.25, 0.3) is 11.3 Å². The molecule has 2 heterocycles. The minimum atomic E-state index is -1.93. The van der Waals surface area contributed by atoms with E-state index in [0.29, 0.717) is 5.02 Å². The van der Waals surface area contributed by atoms with Crippen molar-refractivity contribution in [2.24, 2.45) is 0 Å². The lowest BCUT2D eigenvalue weighted by Gasteiger charge is -2.41. The average molecular weight is 504 g/mol. The molecule has 6 atom stereocenters. The number of aromatic nitrogens is 3. The fraction of sp³-hybridized carbons (Fsp3) is 0.300. The number of hydrogen-bond acceptors (Lipinski definition) is 7. The van der Waals surface area contributed by atoms with Crippen LogP contribution >= 0.6 is 11.6 Å². The molecule has 3 unspecified atom stereocenters. The van der Waals surface area contributed by atoms with E-state index in [9.17, 15) is 32.7 Å². The molecule has 33 heavy (non-hydrogen) atoms. The van der Waals surface area contributed by atoms with Crippen molar-refractivity contribution in [1.29, 1.82) is 0 Å². The number of nitrogens with zero attached hydrogens (tertiary/aromatic N) is 3. The smallest absolute Gasteiger partial charge is 0.194 e. The lowest BCUT2D eigenvalue weighted by Crippen LogP contribution is -2.57. The van der Waals surface area contributed by atoms with E-state index in [1.54, 1.807) is 0 Å². The minimum Gasteiger partial charge on any atom is -0.394 e. The number of aliphatic hydroxyl groups excluding tert-OH is 3.